The highest BCUT2D eigenvalue weighted by Crippen LogP contribution is 2.44. The maximum absolute atomic E-state index is 13.8. The molecule has 0 N–H and O–H groups in total. The highest BCUT2D eigenvalue weighted by Gasteiger charge is 2.37. The predicted molar refractivity (Wildman–Crippen MR) is 257 cm³/mol. The van der Waals surface area contributed by atoms with Gasteiger partial charge >= 0.3 is 35.8 Å². The first-order chi connectivity index (χ1) is 34.0. The van der Waals surface area contributed by atoms with E-state index in [2.05, 4.69) is 6.07 Å². The first-order valence-corrected chi connectivity index (χ1v) is 26.0. The molecule has 0 bridgehead atoms. The molecule has 1 unspecified atom stereocenters. The molecule has 0 aliphatic heterocycles. The van der Waals surface area contributed by atoms with Crippen LogP contribution in [0.5, 0.6) is 11.5 Å². The zero-order chi connectivity index (χ0) is 50.5. The van der Waals surface area contributed by atoms with Crippen molar-refractivity contribution in [3.63, 3.8) is 0 Å². The normalized spacial score (nSPS) is 25.1. The highest BCUT2D eigenvalue weighted by molar-refractivity contribution is 7.22. The minimum absolute atomic E-state index is 0.0207. The third-order valence-corrected chi connectivity index (χ3v) is 16.2. The number of hydrogen-bond donors (Lipinski definition) is 0. The Labute approximate surface area is 416 Å². The largest absolute Gasteiger partial charge is 0.454 e. The third-order valence-electron chi connectivity index (χ3n) is 15.1. The van der Waals surface area contributed by atoms with E-state index in [0.29, 0.717) is 129 Å². The minimum atomic E-state index is -1.07. The lowest BCUT2D eigenvalue weighted by Crippen LogP contribution is -2.33. The van der Waals surface area contributed by atoms with Crippen molar-refractivity contribution < 1.29 is 71.2 Å². The summed E-state index contributed by atoms with van der Waals surface area (Å²) in [5.74, 6) is -4.34. The van der Waals surface area contributed by atoms with Crippen LogP contribution in [-0.4, -0.2) is 65.4 Å². The second-order valence-electron chi connectivity index (χ2n) is 20.1. The molecule has 8 rings (SSSR count). The summed E-state index contributed by atoms with van der Waals surface area (Å²) < 4.78 is 40.4. The number of rotatable bonds is 15. The van der Waals surface area contributed by atoms with Gasteiger partial charge in [-0.05, 0) is 166 Å². The van der Waals surface area contributed by atoms with Crippen LogP contribution in [-0.2, 0) is 57.3 Å². The van der Waals surface area contributed by atoms with Crippen molar-refractivity contribution in [2.24, 2.45) is 47.3 Å². The summed E-state index contributed by atoms with van der Waals surface area (Å²) in [4.78, 5) is 107. The number of thiazole rings is 1. The first-order valence-electron chi connectivity index (χ1n) is 25.1. The average molecular weight is 998 g/mol. The van der Waals surface area contributed by atoms with E-state index in [1.807, 2.05) is 26.0 Å². The zero-order valence-electron chi connectivity index (χ0n) is 41.1. The van der Waals surface area contributed by atoms with E-state index in [9.17, 15) is 38.4 Å². The van der Waals surface area contributed by atoms with E-state index in [-0.39, 0.29) is 46.7 Å². The maximum atomic E-state index is 13.8. The summed E-state index contributed by atoms with van der Waals surface area (Å²) in [5, 5.41) is 1.41. The number of hydrogen-bond acceptors (Lipinski definition) is 17. The van der Waals surface area contributed by atoms with Gasteiger partial charge in [0.2, 0.25) is 13.1 Å². The summed E-state index contributed by atoms with van der Waals surface area (Å²) in [6.45, 7) is 8.15. The SMILES string of the molecule is CC(=O)C1CCC(C(=O)OCOC(=O)C2CCC(C(=O)Oc3ccc(OC(=O)C4CCC(C(=O)OC(C)OC(=O)C5CCC(C(C)=O)CC5)CC4)c4nc(-c5cc6c(C)cc(C)cc6o5)sc34)CC2)CC1. The molecule has 2 aromatic heterocycles. The lowest BCUT2D eigenvalue weighted by Gasteiger charge is -2.28. The fourth-order valence-electron chi connectivity index (χ4n) is 10.7. The molecule has 0 saturated heterocycles. The summed E-state index contributed by atoms with van der Waals surface area (Å²) in [6.07, 6.45) is 6.69. The molecule has 0 spiro atoms. The van der Waals surface area contributed by atoms with Crippen LogP contribution >= 0.6 is 11.3 Å². The molecule has 71 heavy (non-hydrogen) atoms. The fourth-order valence-corrected chi connectivity index (χ4v) is 11.7. The van der Waals surface area contributed by atoms with E-state index >= 15 is 0 Å². The number of fused-ring (bicyclic) bond motifs is 2. The topological polar surface area (TPSA) is 218 Å². The van der Waals surface area contributed by atoms with E-state index in [0.717, 1.165) is 16.5 Å². The highest BCUT2D eigenvalue weighted by atomic mass is 32.1. The molecule has 0 amide bonds. The molecule has 16 nitrogen and oxygen atoms in total. The summed E-state index contributed by atoms with van der Waals surface area (Å²) >= 11 is 1.23. The van der Waals surface area contributed by atoms with Gasteiger partial charge in [0, 0.05) is 24.1 Å². The Morgan fingerprint density at radius 2 is 0.972 bits per heavy atom. The van der Waals surface area contributed by atoms with Crippen molar-refractivity contribution in [3.8, 4) is 22.3 Å². The van der Waals surface area contributed by atoms with Gasteiger partial charge < -0.3 is 32.8 Å². The van der Waals surface area contributed by atoms with Crippen molar-refractivity contribution in [2.75, 3.05) is 6.79 Å². The van der Waals surface area contributed by atoms with Crippen LogP contribution in [0.3, 0.4) is 0 Å². The number of carbonyl (C=O) groups is 8. The Kier molecular flexibility index (Phi) is 16.4. The Morgan fingerprint density at radius 3 is 1.44 bits per heavy atom. The van der Waals surface area contributed by atoms with Gasteiger partial charge in [-0.15, -0.1) is 11.3 Å². The summed E-state index contributed by atoms with van der Waals surface area (Å²) in [5.41, 5.74) is 3.07. The number of aromatic nitrogens is 1. The van der Waals surface area contributed by atoms with Gasteiger partial charge in [-0.1, -0.05) is 6.07 Å². The average Bonchev–Trinajstić information content (AvgIpc) is 4.01. The van der Waals surface area contributed by atoms with Crippen LogP contribution in [0.4, 0.5) is 0 Å². The molecule has 4 aliphatic carbocycles. The van der Waals surface area contributed by atoms with Crippen molar-refractivity contribution in [1.29, 1.82) is 0 Å². The Bertz CT molecular complexity index is 2670. The standard InChI is InChI=1S/C54H63NO15S/c1-28-24-29(2)41-26-45(68-44(41)25-28)48-55-46-42(69-53(62)39-20-18-38(19-21-39)52(61)67-32(5)66-51(60)37-12-8-34(9-13-37)31(4)57)22-23-43(47(46)71-48)70-54(63)40-16-14-36(15-17-40)50(59)65-27-64-49(58)35-10-6-33(7-11-35)30(3)56/h22-26,32-40H,6-21,27H2,1-5H3. The van der Waals surface area contributed by atoms with Crippen LogP contribution in [0.15, 0.2) is 34.7 Å². The molecule has 4 fully saturated rings. The second kappa shape index (κ2) is 22.6. The number of esters is 6. The molecule has 4 saturated carbocycles. The zero-order valence-corrected chi connectivity index (χ0v) is 41.9. The van der Waals surface area contributed by atoms with E-state index < -0.39 is 72.6 Å². The molecule has 2 aromatic carbocycles. The molecule has 0 radical (unpaired) electrons. The van der Waals surface area contributed by atoms with Gasteiger partial charge in [-0.3, -0.25) is 38.4 Å². The minimum Gasteiger partial charge on any atom is -0.454 e. The van der Waals surface area contributed by atoms with E-state index in [1.165, 1.54) is 18.3 Å². The number of benzene rings is 2. The molecular formula is C54H63NO15S. The predicted octanol–water partition coefficient (Wildman–Crippen LogP) is 10.0. The van der Waals surface area contributed by atoms with Crippen LogP contribution < -0.4 is 9.47 Å². The smallest absolute Gasteiger partial charge is 0.314 e. The lowest BCUT2D eigenvalue weighted by molar-refractivity contribution is -0.192. The Balaban J connectivity index is 0.867. The van der Waals surface area contributed by atoms with Crippen LogP contribution in [0, 0.1) is 61.2 Å². The lowest BCUT2D eigenvalue weighted by atomic mass is 9.80. The van der Waals surface area contributed by atoms with Crippen LogP contribution in [0.2, 0.25) is 0 Å². The summed E-state index contributed by atoms with van der Waals surface area (Å²) in [6, 6.07) is 9.05. The van der Waals surface area contributed by atoms with Gasteiger partial charge in [0.05, 0.1) is 35.5 Å². The number of ether oxygens (including phenoxy) is 6. The van der Waals surface area contributed by atoms with Gasteiger partial charge in [-0.25, -0.2) is 4.98 Å². The molecule has 380 valence electrons. The Morgan fingerprint density at radius 1 is 0.563 bits per heavy atom. The number of carbonyl (C=O) groups excluding carboxylic acids is 8. The number of nitrogens with zero attached hydrogens (tertiary/aromatic N) is 1. The maximum Gasteiger partial charge on any atom is 0.314 e. The van der Waals surface area contributed by atoms with Crippen molar-refractivity contribution in [3.05, 3.63) is 41.5 Å². The number of furan rings is 1. The van der Waals surface area contributed by atoms with Gasteiger partial charge in [0.1, 0.15) is 27.4 Å². The molecule has 1 atom stereocenters. The van der Waals surface area contributed by atoms with Crippen molar-refractivity contribution in [1.82, 2.24) is 4.98 Å². The fraction of sp³-hybridized carbons (Fsp3) is 0.574. The summed E-state index contributed by atoms with van der Waals surface area (Å²) in [7, 11) is 0. The molecule has 4 aliphatic rings. The number of aryl methyl sites for hydroxylation is 2. The first kappa shape index (κ1) is 51.4. The number of ketones is 2. The van der Waals surface area contributed by atoms with Gasteiger partial charge in [0.25, 0.3) is 0 Å². The monoisotopic (exact) mass is 997 g/mol. The quantitative estimate of drug-likeness (QED) is 0.0614. The van der Waals surface area contributed by atoms with Crippen LogP contribution in [0.25, 0.3) is 32.0 Å². The van der Waals surface area contributed by atoms with Gasteiger partial charge in [-0.2, -0.15) is 0 Å². The van der Waals surface area contributed by atoms with Gasteiger partial charge in [0.15, 0.2) is 22.3 Å². The molecule has 17 heteroatoms. The molecule has 2 heterocycles. The Hall–Kier alpha value is -5.97. The van der Waals surface area contributed by atoms with Crippen LogP contribution in [0.1, 0.15) is 135 Å². The third kappa shape index (κ3) is 12.4. The molecular weight excluding hydrogens is 935 g/mol. The number of Topliss-reactive ketones (excluding diaryl/α,β-unsaturated/α-hetero) is 2. The van der Waals surface area contributed by atoms with E-state index in [1.54, 1.807) is 26.0 Å². The molecule has 4 aromatic rings. The van der Waals surface area contributed by atoms with Crippen molar-refractivity contribution in [2.45, 2.75) is 144 Å². The second-order valence-corrected chi connectivity index (χ2v) is 21.1. The van der Waals surface area contributed by atoms with Crippen molar-refractivity contribution >= 4 is 79.9 Å². The van der Waals surface area contributed by atoms with E-state index in [4.69, 9.17) is 37.8 Å².